The lowest BCUT2D eigenvalue weighted by molar-refractivity contribution is -0.115. The quantitative estimate of drug-likeness (QED) is 0.525. The summed E-state index contributed by atoms with van der Waals surface area (Å²) < 4.78 is -1.46. The SMILES string of the molecule is CC(Br)(C(=O)Br)C(Br)C(=O)Br. The summed E-state index contributed by atoms with van der Waals surface area (Å²) >= 11 is 11.7. The number of rotatable bonds is 3. The van der Waals surface area contributed by atoms with Crippen molar-refractivity contribution < 1.29 is 9.59 Å². The molecule has 0 heterocycles. The molecule has 6 heteroatoms. The molecule has 0 saturated heterocycles. The molecule has 2 unspecified atom stereocenters. The van der Waals surface area contributed by atoms with Gasteiger partial charge >= 0.3 is 0 Å². The average Bonchev–Trinajstić information content (AvgIpc) is 1.85. The third kappa shape index (κ3) is 3.24. The third-order valence-electron chi connectivity index (χ3n) is 1.06. The molecule has 2 atom stereocenters. The molecule has 64 valence electrons. The minimum atomic E-state index is -0.909. The lowest BCUT2D eigenvalue weighted by Gasteiger charge is -2.20. The highest BCUT2D eigenvalue weighted by atomic mass is 79.9. The minimum absolute atomic E-state index is 0.273. The smallest absolute Gasteiger partial charge is 0.215 e. The van der Waals surface area contributed by atoms with E-state index in [1.807, 2.05) is 0 Å². The van der Waals surface area contributed by atoms with E-state index in [0.717, 1.165) is 0 Å². The molecule has 0 bridgehead atoms. The monoisotopic (exact) mass is 412 g/mol. The van der Waals surface area contributed by atoms with Gasteiger partial charge in [0.15, 0.2) is 0 Å². The molecule has 0 radical (unpaired) electrons. The molecule has 0 N–H and O–H groups in total. The van der Waals surface area contributed by atoms with E-state index in [9.17, 15) is 9.59 Å². The second kappa shape index (κ2) is 4.48. The summed E-state index contributed by atoms with van der Waals surface area (Å²) in [5, 5.41) is 0. The molecular formula is C5H4Br4O2. The maximum absolute atomic E-state index is 10.9. The predicted octanol–water partition coefficient (Wildman–Crippen LogP) is 2.75. The van der Waals surface area contributed by atoms with Gasteiger partial charge in [0.1, 0.15) is 9.15 Å². The van der Waals surface area contributed by atoms with Crippen LogP contribution in [0.1, 0.15) is 6.92 Å². The van der Waals surface area contributed by atoms with Crippen molar-refractivity contribution in [3.63, 3.8) is 0 Å². The van der Waals surface area contributed by atoms with Gasteiger partial charge in [0.05, 0.1) is 0 Å². The molecule has 0 amide bonds. The van der Waals surface area contributed by atoms with E-state index in [0.29, 0.717) is 0 Å². The molecule has 0 aromatic rings. The highest BCUT2D eigenvalue weighted by molar-refractivity contribution is 9.21. The number of carbonyl (C=O) groups is 2. The Balaban J connectivity index is 4.55. The highest BCUT2D eigenvalue weighted by Gasteiger charge is 2.39. The summed E-state index contributed by atoms with van der Waals surface area (Å²) in [6, 6.07) is 0. The first-order valence-corrected chi connectivity index (χ1v) is 5.82. The first-order chi connectivity index (χ1) is 4.80. The van der Waals surface area contributed by atoms with Crippen LogP contribution in [-0.4, -0.2) is 18.5 Å². The van der Waals surface area contributed by atoms with E-state index < -0.39 is 9.15 Å². The Hall–Kier alpha value is 1.26. The molecule has 11 heavy (non-hydrogen) atoms. The zero-order valence-corrected chi connectivity index (χ0v) is 11.7. The maximum atomic E-state index is 10.9. The van der Waals surface area contributed by atoms with Crippen molar-refractivity contribution in [1.82, 2.24) is 0 Å². The average molecular weight is 416 g/mol. The van der Waals surface area contributed by atoms with Crippen molar-refractivity contribution in [2.24, 2.45) is 0 Å². The normalized spacial score (nSPS) is 18.6. The van der Waals surface area contributed by atoms with Crippen LogP contribution in [0.5, 0.6) is 0 Å². The zero-order chi connectivity index (χ0) is 9.23. The van der Waals surface area contributed by atoms with Gasteiger partial charge in [-0.3, -0.25) is 9.59 Å². The van der Waals surface area contributed by atoms with Crippen molar-refractivity contribution in [3.8, 4) is 0 Å². The summed E-state index contributed by atoms with van der Waals surface area (Å²) in [4.78, 5) is 21.1. The number of hydrogen-bond donors (Lipinski definition) is 0. The molecule has 0 aliphatic heterocycles. The van der Waals surface area contributed by atoms with Crippen molar-refractivity contribution >= 4 is 73.1 Å². The van der Waals surface area contributed by atoms with E-state index in [1.54, 1.807) is 6.92 Å². The first kappa shape index (κ1) is 12.3. The number of hydrogen-bond acceptors (Lipinski definition) is 2. The molecule has 0 saturated carbocycles. The third-order valence-corrected chi connectivity index (χ3v) is 6.25. The molecule has 0 aliphatic carbocycles. The predicted molar refractivity (Wildman–Crippen MR) is 57.9 cm³/mol. The van der Waals surface area contributed by atoms with Crippen LogP contribution in [-0.2, 0) is 9.59 Å². The van der Waals surface area contributed by atoms with Crippen molar-refractivity contribution in [3.05, 3.63) is 0 Å². The lowest BCUT2D eigenvalue weighted by atomic mass is 10.1. The highest BCUT2D eigenvalue weighted by Crippen LogP contribution is 2.32. The van der Waals surface area contributed by atoms with Crippen LogP contribution in [0.25, 0.3) is 0 Å². The Kier molecular flexibility index (Phi) is 5.00. The summed E-state index contributed by atoms with van der Waals surface area (Å²) in [5.41, 5.74) is 0. The Morgan fingerprint density at radius 3 is 1.82 bits per heavy atom. The van der Waals surface area contributed by atoms with Gasteiger partial charge in [0.2, 0.25) is 9.39 Å². The van der Waals surface area contributed by atoms with E-state index in [4.69, 9.17) is 0 Å². The summed E-state index contributed by atoms with van der Waals surface area (Å²) in [5.74, 6) is 0. The molecule has 0 aromatic heterocycles. The Morgan fingerprint density at radius 2 is 1.73 bits per heavy atom. The number of carbonyl (C=O) groups excluding carboxylic acids is 2. The van der Waals surface area contributed by atoms with E-state index in [2.05, 4.69) is 63.7 Å². The molecule has 0 aliphatic rings. The molecule has 0 aromatic carbocycles. The van der Waals surface area contributed by atoms with E-state index in [1.165, 1.54) is 0 Å². The van der Waals surface area contributed by atoms with Crippen LogP contribution in [0, 0.1) is 0 Å². The van der Waals surface area contributed by atoms with Gasteiger partial charge in [-0.15, -0.1) is 0 Å². The Bertz CT molecular complexity index is 189. The largest absolute Gasteiger partial charge is 0.285 e. The van der Waals surface area contributed by atoms with Crippen LogP contribution >= 0.6 is 63.7 Å². The van der Waals surface area contributed by atoms with Crippen LogP contribution in [0.2, 0.25) is 0 Å². The van der Waals surface area contributed by atoms with Crippen LogP contribution in [0.3, 0.4) is 0 Å². The van der Waals surface area contributed by atoms with Crippen molar-refractivity contribution in [2.75, 3.05) is 0 Å². The van der Waals surface area contributed by atoms with E-state index in [-0.39, 0.29) is 9.39 Å². The molecular weight excluding hydrogens is 412 g/mol. The van der Waals surface area contributed by atoms with Gasteiger partial charge in [-0.1, -0.05) is 31.9 Å². The molecule has 0 fully saturated rings. The number of halogens is 4. The minimum Gasteiger partial charge on any atom is -0.285 e. The van der Waals surface area contributed by atoms with Crippen LogP contribution < -0.4 is 0 Å². The summed E-state index contributed by atoms with van der Waals surface area (Å²) in [6.45, 7) is 1.60. The van der Waals surface area contributed by atoms with Gasteiger partial charge in [0, 0.05) is 0 Å². The maximum Gasteiger partial charge on any atom is 0.215 e. The molecule has 0 spiro atoms. The lowest BCUT2D eigenvalue weighted by Crippen LogP contribution is -2.37. The standard InChI is InChI=1S/C5H4Br4O2/c1-5(9,4(8)11)2(6)3(7)10/h2H,1H3. The molecule has 0 rings (SSSR count). The first-order valence-electron chi connectivity index (χ1n) is 2.52. The number of alkyl halides is 2. The second-order valence-corrected chi connectivity index (χ2v) is 6.08. The fourth-order valence-corrected chi connectivity index (χ4v) is 2.03. The van der Waals surface area contributed by atoms with Gasteiger partial charge in [-0.25, -0.2) is 0 Å². The van der Waals surface area contributed by atoms with Crippen molar-refractivity contribution in [1.29, 1.82) is 0 Å². The van der Waals surface area contributed by atoms with E-state index >= 15 is 0 Å². The summed E-state index contributed by atoms with van der Waals surface area (Å²) in [7, 11) is 0. The van der Waals surface area contributed by atoms with Crippen LogP contribution in [0.4, 0.5) is 0 Å². The fraction of sp³-hybridized carbons (Fsp3) is 0.600. The fourth-order valence-electron chi connectivity index (χ4n) is 0.313. The van der Waals surface area contributed by atoms with Crippen molar-refractivity contribution in [2.45, 2.75) is 16.1 Å². The van der Waals surface area contributed by atoms with Gasteiger partial charge < -0.3 is 0 Å². The topological polar surface area (TPSA) is 34.1 Å². The van der Waals surface area contributed by atoms with Gasteiger partial charge in [-0.05, 0) is 38.8 Å². The Morgan fingerprint density at radius 1 is 1.36 bits per heavy atom. The summed E-state index contributed by atoms with van der Waals surface area (Å²) in [6.07, 6.45) is 0. The zero-order valence-electron chi connectivity index (χ0n) is 5.41. The van der Waals surface area contributed by atoms with Gasteiger partial charge in [0.25, 0.3) is 0 Å². The van der Waals surface area contributed by atoms with Gasteiger partial charge in [-0.2, -0.15) is 0 Å². The Labute approximate surface area is 98.0 Å². The van der Waals surface area contributed by atoms with Crippen LogP contribution in [0.15, 0.2) is 0 Å². The molecule has 2 nitrogen and oxygen atoms in total. The second-order valence-electron chi connectivity index (χ2n) is 2.02.